The normalized spacial score (nSPS) is 16.7. The van der Waals surface area contributed by atoms with Crippen LogP contribution >= 0.6 is 34.0 Å². The molecule has 0 N–H and O–H groups in total. The molecule has 2 aliphatic rings. The third-order valence-electron chi connectivity index (χ3n) is 3.95. The molecule has 0 aliphatic heterocycles. The molecular weight excluding hydrogens is 579 g/mol. The molecule has 3 heteroatoms. The smallest absolute Gasteiger partial charge is 0 e. The average Bonchev–Trinajstić information content (AvgIpc) is 3.14. The van der Waals surface area contributed by atoms with Gasteiger partial charge in [0.05, 0.1) is 0 Å². The van der Waals surface area contributed by atoms with Crippen LogP contribution in [-0.2, 0) is 25.8 Å². The van der Waals surface area contributed by atoms with Crippen LogP contribution in [0.3, 0.4) is 0 Å². The fraction of sp³-hybridized carbons (Fsp3) is 0.600. The van der Waals surface area contributed by atoms with E-state index in [9.17, 15) is 0 Å². The number of hydrogen-bond donors (Lipinski definition) is 0. The summed E-state index contributed by atoms with van der Waals surface area (Å²) in [6, 6.07) is 0. The molecule has 23 heavy (non-hydrogen) atoms. The zero-order valence-corrected chi connectivity index (χ0v) is 22.0. The van der Waals surface area contributed by atoms with Gasteiger partial charge in [-0.1, -0.05) is 52.4 Å². The predicted molar refractivity (Wildman–Crippen MR) is 110 cm³/mol. The minimum absolute atomic E-state index is 0. The fourth-order valence-electron chi connectivity index (χ4n) is 2.70. The Morgan fingerprint density at radius 3 is 1.39 bits per heavy atom. The van der Waals surface area contributed by atoms with Gasteiger partial charge in [-0.2, -0.15) is 12.2 Å². The van der Waals surface area contributed by atoms with E-state index in [0.717, 1.165) is 24.7 Å². The van der Waals surface area contributed by atoms with Gasteiger partial charge in [0.15, 0.2) is 0 Å². The average molecular weight is 611 g/mol. The van der Waals surface area contributed by atoms with Crippen LogP contribution < -0.4 is 0 Å². The molecule has 0 amide bonds. The van der Waals surface area contributed by atoms with Crippen molar-refractivity contribution in [3.8, 4) is 0 Å². The largest absolute Gasteiger partial charge is 0.269 e. The van der Waals surface area contributed by atoms with Crippen LogP contribution in [0.4, 0.5) is 0 Å². The van der Waals surface area contributed by atoms with Crippen LogP contribution in [0.2, 0.25) is 0 Å². The molecule has 0 aromatic heterocycles. The van der Waals surface area contributed by atoms with E-state index in [4.69, 9.17) is 0 Å². The Morgan fingerprint density at radius 2 is 1.17 bits per heavy atom. The van der Waals surface area contributed by atoms with Gasteiger partial charge in [-0.15, -0.1) is 46.8 Å². The first-order chi connectivity index (χ1) is 9.69. The van der Waals surface area contributed by atoms with Crippen molar-refractivity contribution in [2.75, 3.05) is 0 Å². The van der Waals surface area contributed by atoms with Gasteiger partial charge in [0.2, 0.25) is 0 Å². The molecule has 2 aliphatic carbocycles. The van der Waals surface area contributed by atoms with Crippen molar-refractivity contribution in [2.24, 2.45) is 11.8 Å². The Morgan fingerprint density at radius 1 is 0.826 bits per heavy atom. The summed E-state index contributed by atoms with van der Waals surface area (Å²) in [6.07, 6.45) is 22.7. The van der Waals surface area contributed by atoms with Gasteiger partial charge < -0.3 is 0 Å². The first-order valence-electron chi connectivity index (χ1n) is 8.23. The van der Waals surface area contributed by atoms with Gasteiger partial charge in [0.1, 0.15) is 0 Å². The van der Waals surface area contributed by atoms with Crippen molar-refractivity contribution in [2.45, 2.75) is 66.2 Å². The molecule has 0 radical (unpaired) electrons. The molecule has 2 unspecified atom stereocenters. The summed E-state index contributed by atoms with van der Waals surface area (Å²) in [7, 11) is 0. The van der Waals surface area contributed by atoms with Gasteiger partial charge in [-0.3, -0.25) is 12.2 Å². The van der Waals surface area contributed by atoms with E-state index in [0.29, 0.717) is 0 Å². The Kier molecular flexibility index (Phi) is 21.9. The zero-order chi connectivity index (χ0) is 14.8. The van der Waals surface area contributed by atoms with Crippen LogP contribution in [0, 0.1) is 24.0 Å². The molecule has 0 saturated carbocycles. The van der Waals surface area contributed by atoms with Crippen LogP contribution in [-0.4, -0.2) is 0 Å². The van der Waals surface area contributed by atoms with Crippen LogP contribution in [0.5, 0.6) is 0 Å². The number of allylic oxidation sites excluding steroid dienone is 8. The number of hydrogen-bond acceptors (Lipinski definition) is 0. The van der Waals surface area contributed by atoms with Crippen molar-refractivity contribution in [3.05, 3.63) is 47.6 Å². The van der Waals surface area contributed by atoms with Crippen LogP contribution in [0.15, 0.2) is 35.5 Å². The second-order valence-electron chi connectivity index (χ2n) is 5.86. The molecule has 0 heterocycles. The predicted octanol–water partition coefficient (Wildman–Crippen LogP) is 7.38. The van der Waals surface area contributed by atoms with E-state index in [1.165, 1.54) is 36.8 Å². The van der Waals surface area contributed by atoms with Crippen molar-refractivity contribution in [1.82, 2.24) is 0 Å². The van der Waals surface area contributed by atoms with E-state index in [2.05, 4.69) is 64.2 Å². The fourth-order valence-corrected chi connectivity index (χ4v) is 2.70. The SMILES string of the molecule is Br.Br.CCCC(C)C1=[C-]CC=C1.CCCC(C)C1=[C-]CC=C1.[Hf]. The summed E-state index contributed by atoms with van der Waals surface area (Å²) in [5.41, 5.74) is 2.84. The van der Waals surface area contributed by atoms with Gasteiger partial charge in [-0.05, 0) is 12.8 Å². The van der Waals surface area contributed by atoms with Gasteiger partial charge in [-0.25, -0.2) is 23.3 Å². The standard InChI is InChI=1S/2C10H15.2BrH.Hf/c2*1-3-6-9(2)10-7-4-5-8-10;;;/h2*4,7,9H,3,5-6H2,1-2H3;2*1H;/q2*-1;;;. The maximum Gasteiger partial charge on any atom is 0 e. The van der Waals surface area contributed by atoms with Gasteiger partial charge >= 0.3 is 0 Å². The molecule has 132 valence electrons. The summed E-state index contributed by atoms with van der Waals surface area (Å²) >= 11 is 0. The van der Waals surface area contributed by atoms with Crippen molar-refractivity contribution < 1.29 is 25.8 Å². The first kappa shape index (κ1) is 28.6. The van der Waals surface area contributed by atoms with Gasteiger partial charge in [0.25, 0.3) is 0 Å². The second kappa shape index (κ2) is 17.6. The molecule has 2 atom stereocenters. The molecule has 0 aromatic carbocycles. The summed E-state index contributed by atoms with van der Waals surface area (Å²) in [6.45, 7) is 9.02. The molecule has 0 saturated heterocycles. The number of rotatable bonds is 6. The van der Waals surface area contributed by atoms with Crippen LogP contribution in [0.1, 0.15) is 66.2 Å². The van der Waals surface area contributed by atoms with Crippen molar-refractivity contribution in [1.29, 1.82) is 0 Å². The maximum atomic E-state index is 3.35. The van der Waals surface area contributed by atoms with Crippen LogP contribution in [0.25, 0.3) is 0 Å². The second-order valence-corrected chi connectivity index (χ2v) is 5.86. The minimum atomic E-state index is 0. The third kappa shape index (κ3) is 11.9. The Balaban J connectivity index is -0.000000308. The molecule has 0 spiro atoms. The van der Waals surface area contributed by atoms with Gasteiger partial charge in [0, 0.05) is 25.8 Å². The molecule has 0 fully saturated rings. The van der Waals surface area contributed by atoms with E-state index < -0.39 is 0 Å². The third-order valence-corrected chi connectivity index (χ3v) is 3.95. The summed E-state index contributed by atoms with van der Waals surface area (Å²) in [5.74, 6) is 1.45. The first-order valence-corrected chi connectivity index (χ1v) is 8.23. The Hall–Kier alpha value is 0.790. The molecule has 2 rings (SSSR count). The minimum Gasteiger partial charge on any atom is -0.269 e. The zero-order valence-electron chi connectivity index (χ0n) is 15.0. The molecule has 0 bridgehead atoms. The van der Waals surface area contributed by atoms with E-state index in [-0.39, 0.29) is 59.8 Å². The summed E-state index contributed by atoms with van der Waals surface area (Å²) in [5, 5.41) is 0. The molecular formula is C20H32Br2Hf-2. The summed E-state index contributed by atoms with van der Waals surface area (Å²) < 4.78 is 0. The van der Waals surface area contributed by atoms with E-state index in [1.54, 1.807) is 0 Å². The maximum absolute atomic E-state index is 3.35. The van der Waals surface area contributed by atoms with E-state index in [1.807, 2.05) is 0 Å². The van der Waals surface area contributed by atoms with E-state index >= 15 is 0 Å². The summed E-state index contributed by atoms with van der Waals surface area (Å²) in [4.78, 5) is 0. The molecule has 0 nitrogen and oxygen atoms in total. The van der Waals surface area contributed by atoms with Crippen molar-refractivity contribution >= 4 is 34.0 Å². The Bertz CT molecular complexity index is 356. The monoisotopic (exact) mass is 610 g/mol. The number of halogens is 2. The van der Waals surface area contributed by atoms with Crippen molar-refractivity contribution in [3.63, 3.8) is 0 Å². The molecule has 0 aromatic rings. The Labute approximate surface area is 184 Å². The quantitative estimate of drug-likeness (QED) is 0.218. The topological polar surface area (TPSA) is 0 Å².